The lowest BCUT2D eigenvalue weighted by molar-refractivity contribution is -0.113. The number of amides is 1. The van der Waals surface area contributed by atoms with Crippen LogP contribution in [-0.2, 0) is 4.79 Å². The number of methoxy groups -OCH3 is 1. The number of para-hydroxylation sites is 2. The molecule has 2 aromatic heterocycles. The number of carbonyl (C=O) groups excluding carboxylic acids is 1. The number of carbonyl (C=O) groups is 1. The molecule has 29 heavy (non-hydrogen) atoms. The number of aromatic amines is 1. The van der Waals surface area contributed by atoms with E-state index >= 15 is 0 Å². The Bertz CT molecular complexity index is 1220. The molecule has 0 fully saturated rings. The van der Waals surface area contributed by atoms with Gasteiger partial charge in [-0.15, -0.1) is 11.3 Å². The molecule has 0 unspecified atom stereocenters. The van der Waals surface area contributed by atoms with E-state index in [1.54, 1.807) is 19.2 Å². The Morgan fingerprint density at radius 3 is 2.72 bits per heavy atom. The molecular weight excluding hydrogens is 406 g/mol. The van der Waals surface area contributed by atoms with E-state index in [0.29, 0.717) is 26.8 Å². The summed E-state index contributed by atoms with van der Waals surface area (Å²) in [6.45, 7) is 0. The lowest BCUT2D eigenvalue weighted by Crippen LogP contribution is -2.16. The zero-order valence-electron chi connectivity index (χ0n) is 15.5. The van der Waals surface area contributed by atoms with E-state index in [1.165, 1.54) is 23.1 Å². The van der Waals surface area contributed by atoms with E-state index < -0.39 is 0 Å². The highest BCUT2D eigenvalue weighted by atomic mass is 32.2. The van der Waals surface area contributed by atoms with Crippen molar-refractivity contribution in [1.82, 2.24) is 9.97 Å². The third kappa shape index (κ3) is 4.18. The highest BCUT2D eigenvalue weighted by Gasteiger charge is 2.14. The van der Waals surface area contributed by atoms with Crippen molar-refractivity contribution in [3.8, 4) is 16.9 Å². The molecule has 2 aromatic carbocycles. The molecule has 0 saturated carbocycles. The molecule has 0 aliphatic heterocycles. The minimum Gasteiger partial charge on any atom is -0.495 e. The van der Waals surface area contributed by atoms with Crippen molar-refractivity contribution in [3.63, 3.8) is 0 Å². The van der Waals surface area contributed by atoms with Gasteiger partial charge in [-0.1, -0.05) is 54.2 Å². The van der Waals surface area contributed by atoms with E-state index in [2.05, 4.69) is 15.3 Å². The van der Waals surface area contributed by atoms with Gasteiger partial charge in [-0.3, -0.25) is 9.59 Å². The van der Waals surface area contributed by atoms with Crippen LogP contribution in [0.15, 0.2) is 69.9 Å². The minimum absolute atomic E-state index is 0.114. The van der Waals surface area contributed by atoms with Crippen molar-refractivity contribution in [2.45, 2.75) is 5.16 Å². The van der Waals surface area contributed by atoms with Gasteiger partial charge in [0.25, 0.3) is 5.56 Å². The molecule has 0 aliphatic carbocycles. The van der Waals surface area contributed by atoms with Crippen molar-refractivity contribution in [1.29, 1.82) is 0 Å². The largest absolute Gasteiger partial charge is 0.495 e. The number of thiophene rings is 1. The predicted octanol–water partition coefficient (Wildman–Crippen LogP) is 4.39. The average molecular weight is 424 g/mol. The van der Waals surface area contributed by atoms with Crippen LogP contribution >= 0.6 is 23.1 Å². The summed E-state index contributed by atoms with van der Waals surface area (Å²) in [5.41, 5.74) is 2.23. The van der Waals surface area contributed by atoms with Gasteiger partial charge in [-0.2, -0.15) is 0 Å². The third-order valence-electron chi connectivity index (χ3n) is 4.23. The number of H-pyrrole nitrogens is 1. The number of ether oxygens (including phenoxy) is 1. The molecule has 0 saturated heterocycles. The number of rotatable bonds is 6. The van der Waals surface area contributed by atoms with Gasteiger partial charge in [-0.25, -0.2) is 4.98 Å². The van der Waals surface area contributed by atoms with Crippen molar-refractivity contribution in [2.75, 3.05) is 18.2 Å². The number of hydrogen-bond donors (Lipinski definition) is 2. The molecule has 146 valence electrons. The Balaban J connectivity index is 1.51. The Morgan fingerprint density at radius 2 is 1.93 bits per heavy atom. The maximum atomic E-state index is 12.7. The molecule has 4 aromatic rings. The first kappa shape index (κ1) is 19.2. The van der Waals surface area contributed by atoms with Gasteiger partial charge >= 0.3 is 0 Å². The molecule has 8 heteroatoms. The molecule has 0 bridgehead atoms. The van der Waals surface area contributed by atoms with Gasteiger partial charge < -0.3 is 15.0 Å². The molecular formula is C21H17N3O3S2. The van der Waals surface area contributed by atoms with Crippen molar-refractivity contribution < 1.29 is 9.53 Å². The zero-order chi connectivity index (χ0) is 20.2. The van der Waals surface area contributed by atoms with Crippen LogP contribution in [0.2, 0.25) is 0 Å². The topological polar surface area (TPSA) is 84.1 Å². The van der Waals surface area contributed by atoms with E-state index in [1.807, 2.05) is 47.8 Å². The molecule has 4 rings (SSSR count). The number of nitrogens with one attached hydrogen (secondary N) is 2. The molecule has 2 heterocycles. The van der Waals surface area contributed by atoms with Crippen LogP contribution in [-0.4, -0.2) is 28.7 Å². The fourth-order valence-corrected chi connectivity index (χ4v) is 4.56. The number of fused-ring (bicyclic) bond motifs is 1. The first-order valence-corrected chi connectivity index (χ1v) is 10.6. The Hall–Kier alpha value is -3.10. The molecule has 1 amide bonds. The Kier molecular flexibility index (Phi) is 5.64. The van der Waals surface area contributed by atoms with Crippen LogP contribution in [0.5, 0.6) is 5.75 Å². The molecule has 0 radical (unpaired) electrons. The fourth-order valence-electron chi connectivity index (χ4n) is 2.90. The van der Waals surface area contributed by atoms with Gasteiger partial charge in [0.15, 0.2) is 5.16 Å². The average Bonchev–Trinajstić information content (AvgIpc) is 3.18. The fraction of sp³-hybridized carbons (Fsp3) is 0.0952. The number of benzene rings is 2. The van der Waals surface area contributed by atoms with Crippen LogP contribution in [0.4, 0.5) is 5.69 Å². The molecule has 2 N–H and O–H groups in total. The van der Waals surface area contributed by atoms with Gasteiger partial charge in [-0.05, 0) is 17.7 Å². The second kappa shape index (κ2) is 8.50. The maximum absolute atomic E-state index is 12.7. The van der Waals surface area contributed by atoms with Gasteiger partial charge in [0, 0.05) is 10.9 Å². The Labute approximate surface area is 175 Å². The monoisotopic (exact) mass is 423 g/mol. The summed E-state index contributed by atoms with van der Waals surface area (Å²) in [6.07, 6.45) is 0. The maximum Gasteiger partial charge on any atom is 0.260 e. The first-order valence-electron chi connectivity index (χ1n) is 8.78. The van der Waals surface area contributed by atoms with Gasteiger partial charge in [0.1, 0.15) is 10.6 Å². The summed E-state index contributed by atoms with van der Waals surface area (Å²) < 4.78 is 5.23. The number of hydrogen-bond acceptors (Lipinski definition) is 6. The standard InChI is InChI=1S/C21H17N3O3S2/c1-27-16-10-6-5-9-15(16)22-17(25)12-29-21-23-19(26)18-14(11-28-20(18)24-21)13-7-3-2-4-8-13/h2-11H,12H2,1H3,(H,22,25)(H,23,24,26). The quantitative estimate of drug-likeness (QED) is 0.355. The van der Waals surface area contributed by atoms with E-state index in [0.717, 1.165) is 11.1 Å². The summed E-state index contributed by atoms with van der Waals surface area (Å²) >= 11 is 2.60. The number of anilines is 1. The molecule has 0 spiro atoms. The predicted molar refractivity (Wildman–Crippen MR) is 118 cm³/mol. The van der Waals surface area contributed by atoms with E-state index in [4.69, 9.17) is 4.74 Å². The lowest BCUT2D eigenvalue weighted by Gasteiger charge is -2.09. The van der Waals surface area contributed by atoms with Gasteiger partial charge in [0.05, 0.1) is 23.9 Å². The number of aromatic nitrogens is 2. The van der Waals surface area contributed by atoms with E-state index in [9.17, 15) is 9.59 Å². The first-order chi connectivity index (χ1) is 14.2. The summed E-state index contributed by atoms with van der Waals surface area (Å²) in [7, 11) is 1.55. The summed E-state index contributed by atoms with van der Waals surface area (Å²) in [6, 6.07) is 16.9. The van der Waals surface area contributed by atoms with Gasteiger partial charge in [0.2, 0.25) is 5.91 Å². The summed E-state index contributed by atoms with van der Waals surface area (Å²) in [4.78, 5) is 32.9. The third-order valence-corrected chi connectivity index (χ3v) is 5.97. The molecule has 0 atom stereocenters. The van der Waals surface area contributed by atoms with Crippen LogP contribution in [0.1, 0.15) is 0 Å². The lowest BCUT2D eigenvalue weighted by atomic mass is 10.1. The zero-order valence-corrected chi connectivity index (χ0v) is 17.1. The van der Waals surface area contributed by atoms with Crippen molar-refractivity contribution >= 4 is 44.9 Å². The highest BCUT2D eigenvalue weighted by Crippen LogP contribution is 2.31. The minimum atomic E-state index is -0.210. The van der Waals surface area contributed by atoms with Crippen LogP contribution in [0.3, 0.4) is 0 Å². The normalized spacial score (nSPS) is 10.8. The van der Waals surface area contributed by atoms with E-state index in [-0.39, 0.29) is 17.2 Å². The summed E-state index contributed by atoms with van der Waals surface area (Å²) in [5.74, 6) is 0.493. The molecule has 0 aliphatic rings. The van der Waals surface area contributed by atoms with Crippen molar-refractivity contribution in [2.24, 2.45) is 0 Å². The Morgan fingerprint density at radius 1 is 1.17 bits per heavy atom. The van der Waals surface area contributed by atoms with Crippen LogP contribution in [0, 0.1) is 0 Å². The SMILES string of the molecule is COc1ccccc1NC(=O)CSc1nc2scc(-c3ccccc3)c2c(=O)[nH]1. The number of nitrogens with zero attached hydrogens (tertiary/aromatic N) is 1. The van der Waals surface area contributed by atoms with Crippen molar-refractivity contribution in [3.05, 3.63) is 70.3 Å². The highest BCUT2D eigenvalue weighted by molar-refractivity contribution is 7.99. The summed E-state index contributed by atoms with van der Waals surface area (Å²) in [5, 5.41) is 5.73. The second-order valence-electron chi connectivity index (χ2n) is 6.10. The smallest absolute Gasteiger partial charge is 0.260 e. The second-order valence-corrected chi connectivity index (χ2v) is 7.93. The molecule has 6 nitrogen and oxygen atoms in total. The van der Waals surface area contributed by atoms with Crippen LogP contribution in [0.25, 0.3) is 21.3 Å². The van der Waals surface area contributed by atoms with Crippen LogP contribution < -0.4 is 15.6 Å². The number of thioether (sulfide) groups is 1.